The molecule has 0 aliphatic rings. The number of sulfonamides is 1. The Labute approximate surface area is 135 Å². The molecule has 8 heteroatoms. The Hall–Kier alpha value is -2.35. The van der Waals surface area contributed by atoms with E-state index in [9.17, 15) is 18.3 Å². The van der Waals surface area contributed by atoms with Crippen molar-refractivity contribution in [3.05, 3.63) is 40.2 Å². The normalized spacial score (nSPS) is 11.5. The predicted octanol–water partition coefficient (Wildman–Crippen LogP) is 2.15. The second kappa shape index (κ2) is 5.69. The van der Waals surface area contributed by atoms with Crippen molar-refractivity contribution in [3.8, 4) is 0 Å². The second-order valence-corrected chi connectivity index (χ2v) is 7.14. The number of benzene rings is 1. The van der Waals surface area contributed by atoms with Crippen molar-refractivity contribution < 1.29 is 18.3 Å². The van der Waals surface area contributed by atoms with Gasteiger partial charge in [-0.25, -0.2) is 13.2 Å². The third-order valence-corrected chi connectivity index (χ3v) is 5.44. The molecule has 1 aromatic carbocycles. The highest BCUT2D eigenvalue weighted by atomic mass is 32.2. The molecule has 2 aromatic rings. The molecule has 0 spiro atoms. The van der Waals surface area contributed by atoms with E-state index in [4.69, 9.17) is 0 Å². The monoisotopic (exact) mass is 337 g/mol. The standard InChI is InChI=1S/C15H19N3O4S/c1-8-6-12(15(19)20)13(7-9(8)2)17-23(21,22)14-10(3)16-18(5)11(14)4/h6-7,17H,1-5H3,(H,19,20). The van der Waals surface area contributed by atoms with E-state index in [1.807, 2.05) is 0 Å². The highest BCUT2D eigenvalue weighted by Crippen LogP contribution is 2.26. The summed E-state index contributed by atoms with van der Waals surface area (Å²) < 4.78 is 29.2. The van der Waals surface area contributed by atoms with E-state index in [0.717, 1.165) is 11.1 Å². The third-order valence-electron chi connectivity index (χ3n) is 3.82. The lowest BCUT2D eigenvalue weighted by Gasteiger charge is -2.13. The maximum atomic E-state index is 12.7. The average Bonchev–Trinajstić information content (AvgIpc) is 2.67. The van der Waals surface area contributed by atoms with E-state index in [0.29, 0.717) is 11.4 Å². The van der Waals surface area contributed by atoms with E-state index < -0.39 is 16.0 Å². The Morgan fingerprint density at radius 1 is 1.17 bits per heavy atom. The minimum atomic E-state index is -3.94. The maximum Gasteiger partial charge on any atom is 0.337 e. The Balaban J connectivity index is 2.58. The van der Waals surface area contributed by atoms with Gasteiger partial charge in [-0.2, -0.15) is 5.10 Å². The van der Waals surface area contributed by atoms with Gasteiger partial charge in [-0.3, -0.25) is 9.40 Å². The van der Waals surface area contributed by atoms with Crippen molar-refractivity contribution in [2.24, 2.45) is 7.05 Å². The van der Waals surface area contributed by atoms with Crippen molar-refractivity contribution in [2.75, 3.05) is 4.72 Å². The number of aryl methyl sites for hydroxylation is 4. The maximum absolute atomic E-state index is 12.7. The number of nitrogens with zero attached hydrogens (tertiary/aromatic N) is 2. The van der Waals surface area contributed by atoms with Crippen LogP contribution in [0.1, 0.15) is 32.9 Å². The number of carboxylic acid groups (broad SMARTS) is 1. The van der Waals surface area contributed by atoms with Gasteiger partial charge in [-0.15, -0.1) is 0 Å². The quantitative estimate of drug-likeness (QED) is 0.890. The van der Waals surface area contributed by atoms with Crippen LogP contribution in [0, 0.1) is 27.7 Å². The largest absolute Gasteiger partial charge is 0.478 e. The van der Waals surface area contributed by atoms with E-state index in [-0.39, 0.29) is 16.1 Å². The van der Waals surface area contributed by atoms with E-state index in [1.54, 1.807) is 34.7 Å². The number of aromatic nitrogens is 2. The fourth-order valence-electron chi connectivity index (χ4n) is 2.42. The first-order valence-corrected chi connectivity index (χ1v) is 8.40. The lowest BCUT2D eigenvalue weighted by atomic mass is 10.0. The summed E-state index contributed by atoms with van der Waals surface area (Å²) in [6.45, 7) is 6.81. The smallest absolute Gasteiger partial charge is 0.337 e. The van der Waals surface area contributed by atoms with E-state index in [2.05, 4.69) is 9.82 Å². The first-order valence-electron chi connectivity index (χ1n) is 6.92. The summed E-state index contributed by atoms with van der Waals surface area (Å²) in [6, 6.07) is 2.98. The molecule has 1 aromatic heterocycles. The number of aromatic carboxylic acids is 1. The summed E-state index contributed by atoms with van der Waals surface area (Å²) in [5.41, 5.74) is 2.37. The number of hydrogen-bond donors (Lipinski definition) is 2. The fourth-order valence-corrected chi connectivity index (χ4v) is 3.93. The van der Waals surface area contributed by atoms with Gasteiger partial charge in [0.2, 0.25) is 0 Å². The molecular weight excluding hydrogens is 318 g/mol. The summed E-state index contributed by atoms with van der Waals surface area (Å²) in [6.07, 6.45) is 0. The Bertz CT molecular complexity index is 898. The van der Waals surface area contributed by atoms with E-state index in [1.165, 1.54) is 16.8 Å². The van der Waals surface area contributed by atoms with Gasteiger partial charge in [-0.1, -0.05) is 0 Å². The van der Waals surface area contributed by atoms with E-state index >= 15 is 0 Å². The highest BCUT2D eigenvalue weighted by Gasteiger charge is 2.25. The Morgan fingerprint density at radius 3 is 2.22 bits per heavy atom. The molecule has 0 fully saturated rings. The van der Waals surface area contributed by atoms with Crippen LogP contribution in [0.5, 0.6) is 0 Å². The number of anilines is 1. The molecule has 124 valence electrons. The Morgan fingerprint density at radius 2 is 1.74 bits per heavy atom. The number of carboxylic acids is 1. The molecule has 7 nitrogen and oxygen atoms in total. The number of rotatable bonds is 4. The van der Waals surface area contributed by atoms with Crippen LogP contribution in [0.15, 0.2) is 17.0 Å². The molecule has 2 N–H and O–H groups in total. The van der Waals surface area contributed by atoms with Crippen LogP contribution in [-0.2, 0) is 17.1 Å². The lowest BCUT2D eigenvalue weighted by Crippen LogP contribution is -2.17. The zero-order chi connectivity index (χ0) is 17.5. The van der Waals surface area contributed by atoms with Gasteiger partial charge in [0, 0.05) is 7.05 Å². The number of carbonyl (C=O) groups is 1. The SMILES string of the molecule is Cc1cc(NS(=O)(=O)c2c(C)nn(C)c2C)c(C(=O)O)cc1C. The zero-order valence-electron chi connectivity index (χ0n) is 13.6. The van der Waals surface area contributed by atoms with Crippen molar-refractivity contribution in [1.82, 2.24) is 9.78 Å². The van der Waals surface area contributed by atoms with Gasteiger partial charge in [0.1, 0.15) is 4.90 Å². The predicted molar refractivity (Wildman–Crippen MR) is 86.4 cm³/mol. The molecule has 0 saturated carbocycles. The van der Waals surface area contributed by atoms with Gasteiger partial charge in [0.15, 0.2) is 0 Å². The molecule has 0 unspecified atom stereocenters. The fraction of sp³-hybridized carbons (Fsp3) is 0.333. The first-order chi connectivity index (χ1) is 10.5. The Kier molecular flexibility index (Phi) is 4.21. The summed E-state index contributed by atoms with van der Waals surface area (Å²) >= 11 is 0. The first kappa shape index (κ1) is 17.0. The molecule has 0 saturated heterocycles. The van der Waals surface area contributed by atoms with Crippen LogP contribution in [0.4, 0.5) is 5.69 Å². The number of nitrogens with one attached hydrogen (secondary N) is 1. The molecule has 0 aliphatic heterocycles. The summed E-state index contributed by atoms with van der Waals surface area (Å²) in [5, 5.41) is 13.4. The van der Waals surface area contributed by atoms with Gasteiger partial charge >= 0.3 is 5.97 Å². The molecule has 1 heterocycles. The van der Waals surface area contributed by atoms with Crippen molar-refractivity contribution in [1.29, 1.82) is 0 Å². The van der Waals surface area contributed by atoms with Crippen molar-refractivity contribution >= 4 is 21.7 Å². The summed E-state index contributed by atoms with van der Waals surface area (Å²) in [4.78, 5) is 11.5. The minimum absolute atomic E-state index is 0.0447. The highest BCUT2D eigenvalue weighted by molar-refractivity contribution is 7.92. The van der Waals surface area contributed by atoms with Crippen LogP contribution in [0.2, 0.25) is 0 Å². The molecule has 0 radical (unpaired) electrons. The number of hydrogen-bond acceptors (Lipinski definition) is 4. The second-order valence-electron chi connectivity index (χ2n) is 5.52. The average molecular weight is 337 g/mol. The van der Waals surface area contributed by atoms with Gasteiger partial charge in [-0.05, 0) is 51.0 Å². The van der Waals surface area contributed by atoms with Crippen molar-refractivity contribution in [2.45, 2.75) is 32.6 Å². The molecule has 0 amide bonds. The van der Waals surface area contributed by atoms with Gasteiger partial charge in [0.05, 0.1) is 22.6 Å². The molecule has 0 aliphatic carbocycles. The van der Waals surface area contributed by atoms with Gasteiger partial charge < -0.3 is 5.11 Å². The van der Waals surface area contributed by atoms with Crippen LogP contribution in [0.25, 0.3) is 0 Å². The summed E-state index contributed by atoms with van der Waals surface area (Å²) in [7, 11) is -2.28. The molecule has 0 atom stereocenters. The van der Waals surface area contributed by atoms with Crippen LogP contribution >= 0.6 is 0 Å². The third kappa shape index (κ3) is 3.07. The minimum Gasteiger partial charge on any atom is -0.478 e. The molecular formula is C15H19N3O4S. The van der Waals surface area contributed by atoms with Crippen LogP contribution in [0.3, 0.4) is 0 Å². The zero-order valence-corrected chi connectivity index (χ0v) is 14.4. The topological polar surface area (TPSA) is 101 Å². The summed E-state index contributed by atoms with van der Waals surface area (Å²) in [5.74, 6) is -1.19. The molecule has 23 heavy (non-hydrogen) atoms. The van der Waals surface area contributed by atoms with Crippen LogP contribution in [-0.4, -0.2) is 29.3 Å². The lowest BCUT2D eigenvalue weighted by molar-refractivity contribution is 0.0698. The molecule has 2 rings (SSSR count). The van der Waals surface area contributed by atoms with Crippen LogP contribution < -0.4 is 4.72 Å². The molecule has 0 bridgehead atoms. The van der Waals surface area contributed by atoms with Gasteiger partial charge in [0.25, 0.3) is 10.0 Å². The van der Waals surface area contributed by atoms with Crippen molar-refractivity contribution in [3.63, 3.8) is 0 Å².